The van der Waals surface area contributed by atoms with Crippen LogP contribution in [-0.2, 0) is 4.79 Å². The summed E-state index contributed by atoms with van der Waals surface area (Å²) in [5.74, 6) is 1.53. The number of hydrogen-bond acceptors (Lipinski definition) is 6. The number of nitrogens with one attached hydrogen (secondary N) is 1. The molecule has 1 aliphatic heterocycles. The molecule has 2 aromatic carbocycles. The first-order valence-corrected chi connectivity index (χ1v) is 11.1. The number of rotatable bonds is 5. The van der Waals surface area contributed by atoms with Crippen molar-refractivity contribution in [3.8, 4) is 17.0 Å². The maximum atomic E-state index is 13.0. The summed E-state index contributed by atoms with van der Waals surface area (Å²) in [5, 5.41) is 4.06. The highest BCUT2D eigenvalue weighted by atomic mass is 16.5. The van der Waals surface area contributed by atoms with Crippen LogP contribution in [0.2, 0.25) is 0 Å². The monoisotopic (exact) mass is 439 g/mol. The molecule has 1 amide bonds. The Morgan fingerprint density at radius 1 is 1.06 bits per heavy atom. The van der Waals surface area contributed by atoms with Gasteiger partial charge in [-0.3, -0.25) is 9.78 Å². The van der Waals surface area contributed by atoms with Gasteiger partial charge in [0.1, 0.15) is 17.9 Å². The van der Waals surface area contributed by atoms with E-state index in [1.54, 1.807) is 19.6 Å². The smallest absolute Gasteiger partial charge is 0.229 e. The molecule has 1 aliphatic rings. The SMILES string of the molecule is COc1ccc(-c2cc(N3CCCC(C(=O)Nc4cnc5ccccc5c4)C3)ncn2)cc1. The quantitative estimate of drug-likeness (QED) is 0.491. The number of anilines is 2. The molecule has 3 heterocycles. The van der Waals surface area contributed by atoms with Crippen LogP contribution in [0.3, 0.4) is 0 Å². The van der Waals surface area contributed by atoms with Gasteiger partial charge in [-0.2, -0.15) is 0 Å². The van der Waals surface area contributed by atoms with E-state index >= 15 is 0 Å². The number of hydrogen-bond donors (Lipinski definition) is 1. The van der Waals surface area contributed by atoms with Crippen LogP contribution < -0.4 is 15.0 Å². The first kappa shape index (κ1) is 20.9. The first-order chi connectivity index (χ1) is 16.2. The van der Waals surface area contributed by atoms with E-state index in [1.807, 2.05) is 60.7 Å². The molecule has 4 aromatic rings. The average Bonchev–Trinajstić information content (AvgIpc) is 2.89. The topological polar surface area (TPSA) is 80.2 Å². The van der Waals surface area contributed by atoms with Gasteiger partial charge in [-0.1, -0.05) is 18.2 Å². The molecule has 5 rings (SSSR count). The molecule has 0 bridgehead atoms. The molecule has 1 N–H and O–H groups in total. The van der Waals surface area contributed by atoms with Gasteiger partial charge in [-0.05, 0) is 49.2 Å². The van der Waals surface area contributed by atoms with E-state index in [1.165, 1.54) is 0 Å². The summed E-state index contributed by atoms with van der Waals surface area (Å²) in [5.41, 5.74) is 3.47. The lowest BCUT2D eigenvalue weighted by Crippen LogP contribution is -2.41. The number of piperidine rings is 1. The van der Waals surface area contributed by atoms with Crippen LogP contribution in [0.5, 0.6) is 5.75 Å². The van der Waals surface area contributed by atoms with Gasteiger partial charge < -0.3 is 15.0 Å². The Balaban J connectivity index is 1.29. The summed E-state index contributed by atoms with van der Waals surface area (Å²) >= 11 is 0. The van der Waals surface area contributed by atoms with Gasteiger partial charge in [-0.25, -0.2) is 9.97 Å². The van der Waals surface area contributed by atoms with Crippen LogP contribution in [0.25, 0.3) is 22.2 Å². The van der Waals surface area contributed by atoms with Crippen molar-refractivity contribution in [3.05, 3.63) is 73.2 Å². The largest absolute Gasteiger partial charge is 0.497 e. The summed E-state index contributed by atoms with van der Waals surface area (Å²) in [6.07, 6.45) is 5.07. The maximum Gasteiger partial charge on any atom is 0.229 e. The molecule has 1 atom stereocenters. The molecule has 0 aliphatic carbocycles. The molecular formula is C26H25N5O2. The Bertz CT molecular complexity index is 1280. The van der Waals surface area contributed by atoms with Crippen molar-refractivity contribution in [2.45, 2.75) is 12.8 Å². The van der Waals surface area contributed by atoms with Crippen molar-refractivity contribution in [2.75, 3.05) is 30.4 Å². The van der Waals surface area contributed by atoms with Crippen molar-refractivity contribution in [1.29, 1.82) is 0 Å². The summed E-state index contributed by atoms with van der Waals surface area (Å²) < 4.78 is 5.24. The van der Waals surface area contributed by atoms with Gasteiger partial charge in [0.05, 0.1) is 36.1 Å². The number of fused-ring (bicyclic) bond motifs is 1. The lowest BCUT2D eigenvalue weighted by molar-refractivity contribution is -0.120. The lowest BCUT2D eigenvalue weighted by Gasteiger charge is -2.33. The molecule has 1 unspecified atom stereocenters. The molecule has 7 nitrogen and oxygen atoms in total. The second-order valence-electron chi connectivity index (χ2n) is 8.18. The third-order valence-corrected chi connectivity index (χ3v) is 6.01. The van der Waals surface area contributed by atoms with Gasteiger partial charge in [0.25, 0.3) is 0 Å². The van der Waals surface area contributed by atoms with E-state index in [0.29, 0.717) is 6.54 Å². The highest BCUT2D eigenvalue weighted by molar-refractivity contribution is 5.95. The number of carbonyl (C=O) groups is 1. The predicted molar refractivity (Wildman–Crippen MR) is 129 cm³/mol. The third-order valence-electron chi connectivity index (χ3n) is 6.01. The average molecular weight is 440 g/mol. The summed E-state index contributed by atoms with van der Waals surface area (Å²) in [6.45, 7) is 1.48. The summed E-state index contributed by atoms with van der Waals surface area (Å²) in [6, 6.07) is 19.6. The molecule has 1 fully saturated rings. The van der Waals surface area contributed by atoms with E-state index in [0.717, 1.165) is 58.8 Å². The number of nitrogens with zero attached hydrogens (tertiary/aromatic N) is 4. The van der Waals surface area contributed by atoms with E-state index in [2.05, 4.69) is 25.2 Å². The fraction of sp³-hybridized carbons (Fsp3) is 0.231. The van der Waals surface area contributed by atoms with Crippen molar-refractivity contribution in [2.24, 2.45) is 5.92 Å². The Labute approximate surface area is 192 Å². The molecule has 0 saturated carbocycles. The summed E-state index contributed by atoms with van der Waals surface area (Å²) in [7, 11) is 1.65. The normalized spacial score (nSPS) is 15.9. The van der Waals surface area contributed by atoms with E-state index in [-0.39, 0.29) is 11.8 Å². The molecule has 0 radical (unpaired) electrons. The van der Waals surface area contributed by atoms with E-state index < -0.39 is 0 Å². The minimum Gasteiger partial charge on any atom is -0.497 e. The van der Waals surface area contributed by atoms with Crippen LogP contribution in [0.15, 0.2) is 73.2 Å². The van der Waals surface area contributed by atoms with Gasteiger partial charge in [0.2, 0.25) is 5.91 Å². The molecule has 2 aromatic heterocycles. The van der Waals surface area contributed by atoms with Crippen LogP contribution in [0, 0.1) is 5.92 Å². The number of para-hydroxylation sites is 1. The Morgan fingerprint density at radius 2 is 1.91 bits per heavy atom. The van der Waals surface area contributed by atoms with Crippen molar-refractivity contribution in [3.63, 3.8) is 0 Å². The molecule has 166 valence electrons. The fourth-order valence-corrected chi connectivity index (χ4v) is 4.22. The standard InChI is InChI=1S/C26H25N5O2/c1-33-22-10-8-18(9-11-22)24-14-25(29-17-28-24)31-12-4-6-20(16-31)26(32)30-21-13-19-5-2-3-7-23(19)27-15-21/h2-3,5,7-11,13-15,17,20H,4,6,12,16H2,1H3,(H,30,32). The van der Waals surface area contributed by atoms with Crippen LogP contribution >= 0.6 is 0 Å². The predicted octanol–water partition coefficient (Wildman–Crippen LogP) is 4.56. The van der Waals surface area contributed by atoms with E-state index in [9.17, 15) is 4.79 Å². The molecule has 1 saturated heterocycles. The number of amides is 1. The molecular weight excluding hydrogens is 414 g/mol. The number of methoxy groups -OCH3 is 1. The number of aromatic nitrogens is 3. The minimum absolute atomic E-state index is 0.0150. The lowest BCUT2D eigenvalue weighted by atomic mass is 9.97. The number of benzene rings is 2. The zero-order valence-electron chi connectivity index (χ0n) is 18.4. The van der Waals surface area contributed by atoms with Crippen LogP contribution in [0.4, 0.5) is 11.5 Å². The number of ether oxygens (including phenoxy) is 1. The molecule has 0 spiro atoms. The summed E-state index contributed by atoms with van der Waals surface area (Å²) in [4.78, 5) is 28.5. The molecule has 33 heavy (non-hydrogen) atoms. The van der Waals surface area contributed by atoms with Crippen LogP contribution in [0.1, 0.15) is 12.8 Å². The van der Waals surface area contributed by atoms with Gasteiger partial charge in [-0.15, -0.1) is 0 Å². The Hall–Kier alpha value is -4.00. The fourth-order valence-electron chi connectivity index (χ4n) is 4.22. The number of carbonyl (C=O) groups excluding carboxylic acids is 1. The first-order valence-electron chi connectivity index (χ1n) is 11.1. The van der Waals surface area contributed by atoms with Gasteiger partial charge >= 0.3 is 0 Å². The van der Waals surface area contributed by atoms with Gasteiger partial charge in [0.15, 0.2) is 0 Å². The minimum atomic E-state index is -0.121. The van der Waals surface area contributed by atoms with Crippen molar-refractivity contribution < 1.29 is 9.53 Å². The zero-order valence-corrected chi connectivity index (χ0v) is 18.4. The second-order valence-corrected chi connectivity index (χ2v) is 8.18. The van der Waals surface area contributed by atoms with Crippen LogP contribution in [-0.4, -0.2) is 41.1 Å². The van der Waals surface area contributed by atoms with E-state index in [4.69, 9.17) is 4.74 Å². The second kappa shape index (κ2) is 9.24. The molecule has 7 heteroatoms. The number of pyridine rings is 1. The Morgan fingerprint density at radius 3 is 2.76 bits per heavy atom. The maximum absolute atomic E-state index is 13.0. The van der Waals surface area contributed by atoms with Crippen molar-refractivity contribution in [1.82, 2.24) is 15.0 Å². The highest BCUT2D eigenvalue weighted by Gasteiger charge is 2.27. The van der Waals surface area contributed by atoms with Crippen molar-refractivity contribution >= 4 is 28.3 Å². The zero-order chi connectivity index (χ0) is 22.6. The highest BCUT2D eigenvalue weighted by Crippen LogP contribution is 2.27. The Kier molecular flexibility index (Phi) is 5.85. The van der Waals surface area contributed by atoms with Gasteiger partial charge in [0, 0.05) is 30.1 Å². The third kappa shape index (κ3) is 4.62.